The molecule has 4 nitrogen and oxygen atoms in total. The number of carbonyl (C=O) groups excluding carboxylic acids is 2. The van der Waals surface area contributed by atoms with Crippen LogP contribution < -0.4 is 61.8 Å². The van der Waals surface area contributed by atoms with Gasteiger partial charge in [-0.3, -0.25) is 4.79 Å². The number of carboxylic acids is 1. The van der Waals surface area contributed by atoms with Crippen LogP contribution in [0.5, 0.6) is 0 Å². The molecule has 1 amide bonds. The third-order valence-corrected chi connectivity index (χ3v) is 2.48. The van der Waals surface area contributed by atoms with Gasteiger partial charge in [-0.15, -0.1) is 0 Å². The van der Waals surface area contributed by atoms with E-state index in [0.29, 0.717) is 5.56 Å². The average molecular weight is 273 g/mol. The second-order valence-corrected chi connectivity index (χ2v) is 4.03. The number of benzene rings is 1. The van der Waals surface area contributed by atoms with E-state index in [1.54, 1.807) is 0 Å². The van der Waals surface area contributed by atoms with Crippen molar-refractivity contribution < 1.29 is 66.1 Å². The molecule has 0 bridgehead atoms. The maximum Gasteiger partial charge on any atom is 1.00 e. The van der Waals surface area contributed by atoms with E-state index >= 15 is 0 Å². The summed E-state index contributed by atoms with van der Waals surface area (Å²) >= 11 is 0. The van der Waals surface area contributed by atoms with E-state index < -0.39 is 5.97 Å². The number of nitrogens with one attached hydrogen (secondary N) is 1. The summed E-state index contributed by atoms with van der Waals surface area (Å²) in [5, 5.41) is 13.4. The minimum atomic E-state index is -1.24. The molecule has 1 atom stereocenters. The topological polar surface area (TPSA) is 69.2 Å². The predicted molar refractivity (Wildman–Crippen MR) is 62.6 cm³/mol. The number of aromatic carboxylic acids is 1. The van der Waals surface area contributed by atoms with E-state index in [-0.39, 0.29) is 68.9 Å². The summed E-state index contributed by atoms with van der Waals surface area (Å²) < 4.78 is 0. The fourth-order valence-corrected chi connectivity index (χ4v) is 1.57. The van der Waals surface area contributed by atoms with Gasteiger partial charge in [-0.1, -0.05) is 25.5 Å². The monoisotopic (exact) mass is 273 g/mol. The number of carboxylic acid groups (broad SMARTS) is 1. The Balaban J connectivity index is 0.00000289. The fraction of sp³-hybridized carbons (Fsp3) is 0.385. The van der Waals surface area contributed by atoms with Crippen molar-refractivity contribution in [1.82, 2.24) is 5.32 Å². The van der Waals surface area contributed by atoms with Crippen LogP contribution in [0.1, 0.15) is 47.4 Å². The number of hydrogen-bond acceptors (Lipinski definition) is 3. The van der Waals surface area contributed by atoms with Crippen LogP contribution in [0, 0.1) is 0 Å². The van der Waals surface area contributed by atoms with Crippen molar-refractivity contribution in [3.05, 3.63) is 35.4 Å². The summed E-state index contributed by atoms with van der Waals surface area (Å²) in [7, 11) is 0. The molecule has 0 heterocycles. The summed E-state index contributed by atoms with van der Waals surface area (Å²) in [5.41, 5.74) is 0.529. The maximum atomic E-state index is 11.7. The van der Waals surface area contributed by atoms with Gasteiger partial charge in [0.1, 0.15) is 0 Å². The van der Waals surface area contributed by atoms with Crippen LogP contribution in [-0.2, 0) is 0 Å². The molecule has 0 aliphatic heterocycles. The van der Waals surface area contributed by atoms with Crippen molar-refractivity contribution in [1.29, 1.82) is 0 Å². The van der Waals surface area contributed by atoms with Crippen molar-refractivity contribution in [3.8, 4) is 0 Å². The van der Waals surface area contributed by atoms with Crippen LogP contribution in [0.15, 0.2) is 24.3 Å². The molecular formula is C13H16KNO3. The predicted octanol–water partition coefficient (Wildman–Crippen LogP) is -2.03. The molecule has 1 aromatic carbocycles. The third kappa shape index (κ3) is 5.62. The van der Waals surface area contributed by atoms with Gasteiger partial charge in [-0.25, -0.2) is 0 Å². The minimum Gasteiger partial charge on any atom is -0.545 e. The molecule has 1 rings (SSSR count). The molecule has 1 N–H and O–H groups in total. The smallest absolute Gasteiger partial charge is 0.545 e. The van der Waals surface area contributed by atoms with E-state index in [4.69, 9.17) is 0 Å². The first kappa shape index (κ1) is 17.8. The Labute approximate surface area is 150 Å². The number of carbonyl (C=O) groups is 2. The summed E-state index contributed by atoms with van der Waals surface area (Å²) in [6.45, 7) is 3.99. The van der Waals surface area contributed by atoms with Crippen LogP contribution >= 0.6 is 0 Å². The fourth-order valence-electron chi connectivity index (χ4n) is 1.57. The molecular weight excluding hydrogens is 257 g/mol. The molecule has 0 saturated carbocycles. The largest absolute Gasteiger partial charge is 1.00 e. The van der Waals surface area contributed by atoms with Crippen molar-refractivity contribution in [2.75, 3.05) is 0 Å². The van der Waals surface area contributed by atoms with Crippen LogP contribution in [0.25, 0.3) is 0 Å². The van der Waals surface area contributed by atoms with Crippen LogP contribution in [-0.4, -0.2) is 17.9 Å². The molecule has 5 heteroatoms. The summed E-state index contributed by atoms with van der Waals surface area (Å²) in [6.07, 6.45) is 1.92. The Morgan fingerprint density at radius 1 is 1.22 bits per heavy atom. The zero-order valence-electron chi connectivity index (χ0n) is 11.0. The molecule has 0 aliphatic carbocycles. The third-order valence-electron chi connectivity index (χ3n) is 2.48. The Morgan fingerprint density at radius 2 is 1.72 bits per heavy atom. The van der Waals surface area contributed by atoms with Gasteiger partial charge in [0.2, 0.25) is 0 Å². The van der Waals surface area contributed by atoms with Crippen LogP contribution in [0.3, 0.4) is 0 Å². The second kappa shape index (κ2) is 8.82. The van der Waals surface area contributed by atoms with Gasteiger partial charge in [0, 0.05) is 11.6 Å². The Morgan fingerprint density at radius 3 is 2.17 bits per heavy atom. The molecule has 0 fully saturated rings. The van der Waals surface area contributed by atoms with Crippen LogP contribution in [0.4, 0.5) is 0 Å². The van der Waals surface area contributed by atoms with E-state index in [0.717, 1.165) is 12.8 Å². The molecule has 92 valence electrons. The molecule has 1 unspecified atom stereocenters. The van der Waals surface area contributed by atoms with E-state index in [9.17, 15) is 14.7 Å². The van der Waals surface area contributed by atoms with E-state index in [1.165, 1.54) is 24.3 Å². The zero-order chi connectivity index (χ0) is 12.8. The molecule has 0 aromatic heterocycles. The molecule has 18 heavy (non-hydrogen) atoms. The first-order valence-electron chi connectivity index (χ1n) is 5.67. The van der Waals surface area contributed by atoms with Gasteiger partial charge in [0.05, 0.1) is 5.97 Å². The first-order valence-corrected chi connectivity index (χ1v) is 5.67. The number of amides is 1. The molecule has 1 aromatic rings. The molecule has 0 saturated heterocycles. The Kier molecular flexibility index (Phi) is 8.72. The van der Waals surface area contributed by atoms with Crippen molar-refractivity contribution in [2.45, 2.75) is 32.7 Å². The van der Waals surface area contributed by atoms with Crippen molar-refractivity contribution in [2.24, 2.45) is 0 Å². The first-order chi connectivity index (χ1) is 8.04. The average Bonchev–Trinajstić information content (AvgIpc) is 2.29. The molecule has 0 spiro atoms. The normalized spacial score (nSPS) is 11.2. The van der Waals surface area contributed by atoms with Gasteiger partial charge in [-0.05, 0) is 31.0 Å². The van der Waals surface area contributed by atoms with Crippen LogP contribution in [0.2, 0.25) is 0 Å². The van der Waals surface area contributed by atoms with Crippen molar-refractivity contribution in [3.63, 3.8) is 0 Å². The van der Waals surface area contributed by atoms with Gasteiger partial charge >= 0.3 is 51.4 Å². The molecule has 0 radical (unpaired) electrons. The zero-order valence-corrected chi connectivity index (χ0v) is 14.1. The quantitative estimate of drug-likeness (QED) is 0.629. The van der Waals surface area contributed by atoms with Gasteiger partial charge in [0.15, 0.2) is 0 Å². The Bertz CT molecular complexity index is 403. The van der Waals surface area contributed by atoms with Gasteiger partial charge < -0.3 is 15.2 Å². The molecule has 0 aliphatic rings. The minimum absolute atomic E-state index is 0. The van der Waals surface area contributed by atoms with Gasteiger partial charge in [0.25, 0.3) is 5.91 Å². The summed E-state index contributed by atoms with van der Waals surface area (Å²) in [6, 6.07) is 5.83. The van der Waals surface area contributed by atoms with Crippen molar-refractivity contribution >= 4 is 11.9 Å². The summed E-state index contributed by atoms with van der Waals surface area (Å²) in [4.78, 5) is 22.3. The summed E-state index contributed by atoms with van der Waals surface area (Å²) in [5.74, 6) is -1.42. The van der Waals surface area contributed by atoms with E-state index in [1.807, 2.05) is 6.92 Å². The Hall–Kier alpha value is -0.204. The van der Waals surface area contributed by atoms with E-state index in [2.05, 4.69) is 12.2 Å². The second-order valence-electron chi connectivity index (χ2n) is 4.03. The standard InChI is InChI=1S/C13H17NO3.K/c1-3-4-9(2)14-12(15)10-5-7-11(8-6-10)13(16)17;/h5-9H,3-4H2,1-2H3,(H,14,15)(H,16,17);/q;+1/p-1. The SMILES string of the molecule is CCCC(C)NC(=O)c1ccc(C(=O)[O-])cc1.[K+]. The number of rotatable bonds is 5. The van der Waals surface area contributed by atoms with Gasteiger partial charge in [-0.2, -0.15) is 0 Å². The number of hydrogen-bond donors (Lipinski definition) is 1. The maximum absolute atomic E-state index is 11.7.